The molecule has 0 aromatic carbocycles. The average Bonchev–Trinajstić information content (AvgIpc) is 2.11. The highest BCUT2D eigenvalue weighted by Gasteiger charge is 2.36. The van der Waals surface area contributed by atoms with E-state index < -0.39 is 17.8 Å². The summed E-state index contributed by atoms with van der Waals surface area (Å²) in [6, 6.07) is 0. The maximum atomic E-state index is 11.6. The van der Waals surface area contributed by atoms with Gasteiger partial charge in [-0.05, 0) is 0 Å². The Hall–Kier alpha value is -1.20. The third-order valence-corrected chi connectivity index (χ3v) is 0.807. The van der Waals surface area contributed by atoms with Crippen LogP contribution in [0, 0.1) is 0 Å². The molecule has 3 nitrogen and oxygen atoms in total. The quantitative estimate of drug-likeness (QED) is 0.514. The second-order valence-electron chi connectivity index (χ2n) is 1.57. The molecular formula is C4HF3N2O. The first kappa shape index (κ1) is 6.91. The minimum Gasteiger partial charge on any atom is -0.266 e. The normalized spacial score (nSPS) is 17.9. The van der Waals surface area contributed by atoms with E-state index in [0.29, 0.717) is 6.08 Å². The number of nitrogens with zero attached hydrogens (tertiary/aromatic N) is 2. The summed E-state index contributed by atoms with van der Waals surface area (Å²) in [4.78, 5) is 10.1. The van der Waals surface area contributed by atoms with Gasteiger partial charge in [-0.25, -0.2) is 0 Å². The maximum Gasteiger partial charge on any atom is 0.435 e. The number of allylic oxidation sites excluding steroid dienone is 1. The molecule has 0 aromatic heterocycles. The summed E-state index contributed by atoms with van der Waals surface area (Å²) in [7, 11) is 0. The summed E-state index contributed by atoms with van der Waals surface area (Å²) in [6.07, 6.45) is -4.21. The third-order valence-electron chi connectivity index (χ3n) is 0.807. The van der Waals surface area contributed by atoms with Crippen LogP contribution < -0.4 is 0 Å². The number of azo groups is 1. The van der Waals surface area contributed by atoms with E-state index in [0.717, 1.165) is 0 Å². The molecule has 0 spiro atoms. The number of hydrogen-bond acceptors (Lipinski definition) is 2. The van der Waals surface area contributed by atoms with Crippen molar-refractivity contribution in [2.45, 2.75) is 6.18 Å². The number of carbonyl (C=O) groups excluding carboxylic acids is 1. The van der Waals surface area contributed by atoms with E-state index in [1.165, 1.54) is 0 Å². The number of hydrogen-bond donors (Lipinski definition) is 0. The van der Waals surface area contributed by atoms with Crippen LogP contribution in [0.3, 0.4) is 0 Å². The number of carbonyl (C=O) groups is 1. The van der Waals surface area contributed by atoms with Crippen LogP contribution in [0.2, 0.25) is 0 Å². The third kappa shape index (κ3) is 1.20. The van der Waals surface area contributed by atoms with Gasteiger partial charge in [0.15, 0.2) is 5.70 Å². The molecule has 0 radical (unpaired) electrons. The summed E-state index contributed by atoms with van der Waals surface area (Å²) < 4.78 is 34.7. The summed E-state index contributed by atoms with van der Waals surface area (Å²) in [6.45, 7) is 0. The van der Waals surface area contributed by atoms with E-state index in [2.05, 4.69) is 10.2 Å². The molecule has 0 atom stereocenters. The van der Waals surface area contributed by atoms with Gasteiger partial charge in [0.2, 0.25) is 0 Å². The van der Waals surface area contributed by atoms with Gasteiger partial charge in [0.1, 0.15) is 0 Å². The second-order valence-corrected chi connectivity index (χ2v) is 1.57. The lowest BCUT2D eigenvalue weighted by Crippen LogP contribution is -2.08. The minimum absolute atomic E-state index is 0.347. The van der Waals surface area contributed by atoms with Crippen molar-refractivity contribution in [1.82, 2.24) is 0 Å². The van der Waals surface area contributed by atoms with Crippen molar-refractivity contribution in [3.8, 4) is 0 Å². The van der Waals surface area contributed by atoms with E-state index in [9.17, 15) is 18.0 Å². The van der Waals surface area contributed by atoms with Gasteiger partial charge in [0.05, 0.1) is 0 Å². The fourth-order valence-corrected chi connectivity index (χ4v) is 0.416. The van der Waals surface area contributed by atoms with E-state index in [-0.39, 0.29) is 0 Å². The van der Waals surface area contributed by atoms with Crippen LogP contribution in [0.15, 0.2) is 22.0 Å². The molecule has 10 heavy (non-hydrogen) atoms. The molecule has 1 heterocycles. The fourth-order valence-electron chi connectivity index (χ4n) is 0.416. The minimum atomic E-state index is -4.56. The largest absolute Gasteiger partial charge is 0.435 e. The molecule has 1 amide bonds. The van der Waals surface area contributed by atoms with Gasteiger partial charge >= 0.3 is 6.18 Å². The lowest BCUT2D eigenvalue weighted by atomic mass is 10.4. The van der Waals surface area contributed by atoms with Gasteiger partial charge in [0, 0.05) is 6.08 Å². The molecule has 0 N–H and O–H groups in total. The van der Waals surface area contributed by atoms with Gasteiger partial charge in [-0.15, -0.1) is 10.2 Å². The van der Waals surface area contributed by atoms with Crippen molar-refractivity contribution in [2.75, 3.05) is 0 Å². The van der Waals surface area contributed by atoms with Crippen molar-refractivity contribution in [2.24, 2.45) is 10.2 Å². The topological polar surface area (TPSA) is 41.8 Å². The van der Waals surface area contributed by atoms with Crippen LogP contribution in [0.1, 0.15) is 0 Å². The zero-order chi connectivity index (χ0) is 7.78. The van der Waals surface area contributed by atoms with Crippen molar-refractivity contribution in [3.63, 3.8) is 0 Å². The van der Waals surface area contributed by atoms with Crippen molar-refractivity contribution in [1.29, 1.82) is 0 Å². The zero-order valence-electron chi connectivity index (χ0n) is 4.51. The summed E-state index contributed by atoms with van der Waals surface area (Å²) >= 11 is 0. The molecule has 6 heteroatoms. The standard InChI is InChI=1S/C4HF3N2O/c5-4(6,7)2-1-3(10)9-8-2/h1H. The van der Waals surface area contributed by atoms with E-state index >= 15 is 0 Å². The predicted octanol–water partition coefficient (Wildman–Crippen LogP) is 1.43. The van der Waals surface area contributed by atoms with Gasteiger partial charge in [-0.2, -0.15) is 13.2 Å². The number of alkyl halides is 3. The smallest absolute Gasteiger partial charge is 0.266 e. The monoisotopic (exact) mass is 150 g/mol. The van der Waals surface area contributed by atoms with Gasteiger partial charge in [-0.3, -0.25) is 4.79 Å². The SMILES string of the molecule is O=C1C=C(C(F)(F)F)N=N1. The van der Waals surface area contributed by atoms with Crippen LogP contribution in [-0.2, 0) is 4.79 Å². The Kier molecular flexibility index (Phi) is 1.31. The summed E-state index contributed by atoms with van der Waals surface area (Å²) in [5.41, 5.74) is -1.24. The highest BCUT2D eigenvalue weighted by atomic mass is 19.4. The predicted molar refractivity (Wildman–Crippen MR) is 24.0 cm³/mol. The lowest BCUT2D eigenvalue weighted by Gasteiger charge is -1.99. The molecule has 0 fully saturated rings. The van der Waals surface area contributed by atoms with Crippen LogP contribution in [0.25, 0.3) is 0 Å². The van der Waals surface area contributed by atoms with Gasteiger partial charge in [-0.1, -0.05) is 0 Å². The summed E-state index contributed by atoms with van der Waals surface area (Å²) in [5, 5.41) is 5.26. The Labute approximate surface area is 53.2 Å². The Morgan fingerprint density at radius 1 is 1.30 bits per heavy atom. The number of amides is 1. The Morgan fingerprint density at radius 3 is 2.10 bits per heavy atom. The van der Waals surface area contributed by atoms with Crippen molar-refractivity contribution in [3.05, 3.63) is 11.8 Å². The Morgan fingerprint density at radius 2 is 1.90 bits per heavy atom. The molecule has 0 saturated heterocycles. The maximum absolute atomic E-state index is 11.6. The lowest BCUT2D eigenvalue weighted by molar-refractivity contribution is -0.113. The van der Waals surface area contributed by atoms with E-state index in [1.807, 2.05) is 0 Å². The number of halogens is 3. The molecule has 1 aliphatic heterocycles. The highest BCUT2D eigenvalue weighted by Crippen LogP contribution is 2.28. The molecule has 1 rings (SSSR count). The first-order valence-corrected chi connectivity index (χ1v) is 2.25. The average molecular weight is 150 g/mol. The molecule has 0 bridgehead atoms. The van der Waals surface area contributed by atoms with Crippen molar-refractivity contribution >= 4 is 5.91 Å². The highest BCUT2D eigenvalue weighted by molar-refractivity contribution is 5.90. The van der Waals surface area contributed by atoms with Gasteiger partial charge in [0.25, 0.3) is 5.91 Å². The molecule has 0 unspecified atom stereocenters. The fraction of sp³-hybridized carbons (Fsp3) is 0.250. The first-order valence-electron chi connectivity index (χ1n) is 2.25. The van der Waals surface area contributed by atoms with Crippen LogP contribution in [-0.4, -0.2) is 12.1 Å². The Balaban J connectivity index is 2.88. The molecular weight excluding hydrogens is 149 g/mol. The second kappa shape index (κ2) is 1.89. The summed E-state index contributed by atoms with van der Waals surface area (Å²) in [5.74, 6) is -0.965. The van der Waals surface area contributed by atoms with Crippen LogP contribution in [0.4, 0.5) is 13.2 Å². The van der Waals surface area contributed by atoms with E-state index in [1.54, 1.807) is 0 Å². The van der Waals surface area contributed by atoms with E-state index in [4.69, 9.17) is 0 Å². The molecule has 0 saturated carbocycles. The molecule has 1 aliphatic rings. The number of rotatable bonds is 0. The molecule has 0 aromatic rings. The van der Waals surface area contributed by atoms with Crippen LogP contribution >= 0.6 is 0 Å². The Bertz CT molecular complexity index is 227. The zero-order valence-corrected chi connectivity index (χ0v) is 4.51. The molecule has 54 valence electrons. The van der Waals surface area contributed by atoms with Gasteiger partial charge < -0.3 is 0 Å². The molecule has 0 aliphatic carbocycles. The first-order chi connectivity index (χ1) is 4.50. The van der Waals surface area contributed by atoms with Crippen LogP contribution in [0.5, 0.6) is 0 Å². The van der Waals surface area contributed by atoms with Crippen molar-refractivity contribution < 1.29 is 18.0 Å².